The summed E-state index contributed by atoms with van der Waals surface area (Å²) < 4.78 is 6.16. The van der Waals surface area contributed by atoms with Crippen molar-refractivity contribution in [3.8, 4) is 5.75 Å². The van der Waals surface area contributed by atoms with Crippen molar-refractivity contribution in [2.45, 2.75) is 45.6 Å². The number of benzene rings is 1. The first-order valence-electron chi connectivity index (χ1n) is 6.72. The fourth-order valence-corrected chi connectivity index (χ4v) is 3.16. The maximum Gasteiger partial charge on any atom is 0.123 e. The van der Waals surface area contributed by atoms with E-state index in [0.717, 1.165) is 12.2 Å². The molecule has 0 saturated heterocycles. The summed E-state index contributed by atoms with van der Waals surface area (Å²) in [5.41, 5.74) is 4.58. The van der Waals surface area contributed by atoms with Crippen LogP contribution in [0.25, 0.3) is 0 Å². The number of allylic oxidation sites excluding steroid dienone is 1. The van der Waals surface area contributed by atoms with Gasteiger partial charge < -0.3 is 4.74 Å². The Balaban J connectivity index is 2.03. The Kier molecular flexibility index (Phi) is 2.70. The third-order valence-corrected chi connectivity index (χ3v) is 4.03. The molecule has 0 aromatic heterocycles. The van der Waals surface area contributed by atoms with Crippen molar-refractivity contribution in [3.63, 3.8) is 0 Å². The zero-order valence-corrected chi connectivity index (χ0v) is 10.7. The molecule has 0 radical (unpaired) electrons. The van der Waals surface area contributed by atoms with E-state index in [1.54, 1.807) is 11.1 Å². The first-order chi connectivity index (χ1) is 8.25. The molecule has 1 heterocycles. The monoisotopic (exact) mass is 228 g/mol. The van der Waals surface area contributed by atoms with Gasteiger partial charge in [0.1, 0.15) is 11.9 Å². The molecule has 1 aliphatic carbocycles. The number of fused-ring (bicyclic) bond motifs is 2. The Bertz CT molecular complexity index is 456. The molecule has 1 aromatic rings. The summed E-state index contributed by atoms with van der Waals surface area (Å²) in [5, 5.41) is 0. The molecule has 3 rings (SSSR count). The molecule has 0 fully saturated rings. The fraction of sp³-hybridized carbons (Fsp3) is 0.500. The maximum absolute atomic E-state index is 6.16. The Labute approximate surface area is 103 Å². The van der Waals surface area contributed by atoms with Crippen molar-refractivity contribution >= 4 is 0 Å². The summed E-state index contributed by atoms with van der Waals surface area (Å²) in [4.78, 5) is 0. The Morgan fingerprint density at radius 1 is 1.24 bits per heavy atom. The number of hydrogen-bond donors (Lipinski definition) is 0. The van der Waals surface area contributed by atoms with Crippen LogP contribution < -0.4 is 4.74 Å². The quantitative estimate of drug-likeness (QED) is 0.657. The van der Waals surface area contributed by atoms with Gasteiger partial charge in [-0.1, -0.05) is 37.6 Å². The highest BCUT2D eigenvalue weighted by molar-refractivity contribution is 5.43. The van der Waals surface area contributed by atoms with Gasteiger partial charge in [0, 0.05) is 6.42 Å². The minimum Gasteiger partial charge on any atom is -0.486 e. The van der Waals surface area contributed by atoms with Crippen LogP contribution in [-0.2, 0) is 6.42 Å². The summed E-state index contributed by atoms with van der Waals surface area (Å²) in [6.45, 7) is 4.62. The van der Waals surface area contributed by atoms with E-state index < -0.39 is 0 Å². The lowest BCUT2D eigenvalue weighted by atomic mass is 9.80. The van der Waals surface area contributed by atoms with Gasteiger partial charge in [0.15, 0.2) is 0 Å². The molecule has 0 amide bonds. The van der Waals surface area contributed by atoms with Crippen LogP contribution in [0.15, 0.2) is 35.4 Å². The van der Waals surface area contributed by atoms with Crippen LogP contribution in [0, 0.1) is 5.92 Å². The van der Waals surface area contributed by atoms with Crippen LogP contribution in [0.1, 0.15) is 38.7 Å². The lowest BCUT2D eigenvalue weighted by molar-refractivity contribution is 0.195. The van der Waals surface area contributed by atoms with Gasteiger partial charge in [0.25, 0.3) is 0 Å². The summed E-state index contributed by atoms with van der Waals surface area (Å²) in [5.74, 6) is 1.77. The Hall–Kier alpha value is -1.24. The normalized spacial score (nSPS) is 23.1. The average molecular weight is 228 g/mol. The van der Waals surface area contributed by atoms with Gasteiger partial charge in [-0.25, -0.2) is 0 Å². The number of ether oxygens (including phenoxy) is 1. The van der Waals surface area contributed by atoms with E-state index in [4.69, 9.17) is 4.74 Å². The van der Waals surface area contributed by atoms with Crippen LogP contribution >= 0.6 is 0 Å². The summed E-state index contributed by atoms with van der Waals surface area (Å²) >= 11 is 0. The topological polar surface area (TPSA) is 9.23 Å². The van der Waals surface area contributed by atoms with Crippen LogP contribution in [0.4, 0.5) is 0 Å². The first-order valence-corrected chi connectivity index (χ1v) is 6.72. The molecule has 1 heteroatoms. The number of hydrogen-bond acceptors (Lipinski definition) is 1. The van der Waals surface area contributed by atoms with E-state index in [0.29, 0.717) is 12.0 Å². The van der Waals surface area contributed by atoms with Crippen molar-refractivity contribution in [1.29, 1.82) is 0 Å². The van der Waals surface area contributed by atoms with Gasteiger partial charge in [0.05, 0.1) is 0 Å². The largest absolute Gasteiger partial charge is 0.486 e. The molecule has 1 atom stereocenters. The van der Waals surface area contributed by atoms with E-state index in [1.807, 2.05) is 0 Å². The van der Waals surface area contributed by atoms with Crippen molar-refractivity contribution in [1.82, 2.24) is 0 Å². The zero-order chi connectivity index (χ0) is 11.8. The third kappa shape index (κ3) is 1.88. The minimum atomic E-state index is 0.357. The van der Waals surface area contributed by atoms with Crippen molar-refractivity contribution in [2.75, 3.05) is 0 Å². The third-order valence-electron chi connectivity index (χ3n) is 4.03. The molecule has 0 spiro atoms. The number of rotatable bonds is 1. The predicted molar refractivity (Wildman–Crippen MR) is 70.3 cm³/mol. The maximum atomic E-state index is 6.16. The highest BCUT2D eigenvalue weighted by Gasteiger charge is 2.30. The second kappa shape index (κ2) is 4.21. The minimum absolute atomic E-state index is 0.357. The molecule has 1 unspecified atom stereocenters. The Morgan fingerprint density at radius 3 is 2.88 bits per heavy atom. The smallest absolute Gasteiger partial charge is 0.123 e. The van der Waals surface area contributed by atoms with Crippen LogP contribution in [0.3, 0.4) is 0 Å². The van der Waals surface area contributed by atoms with E-state index >= 15 is 0 Å². The molecule has 0 bridgehead atoms. The lowest BCUT2D eigenvalue weighted by Crippen LogP contribution is -2.30. The van der Waals surface area contributed by atoms with Gasteiger partial charge in [-0.15, -0.1) is 0 Å². The second-order valence-electron chi connectivity index (χ2n) is 5.49. The first kappa shape index (κ1) is 10.9. The molecule has 0 saturated carbocycles. The van der Waals surface area contributed by atoms with Crippen LogP contribution in [0.5, 0.6) is 5.75 Å². The van der Waals surface area contributed by atoms with Crippen LogP contribution in [0.2, 0.25) is 0 Å². The van der Waals surface area contributed by atoms with Gasteiger partial charge in [-0.3, -0.25) is 0 Å². The Morgan fingerprint density at radius 2 is 2.06 bits per heavy atom. The number of para-hydroxylation sites is 1. The van der Waals surface area contributed by atoms with E-state index in [2.05, 4.69) is 38.1 Å². The van der Waals surface area contributed by atoms with Gasteiger partial charge in [-0.2, -0.15) is 0 Å². The predicted octanol–water partition coefficient (Wildman–Crippen LogP) is 4.13. The van der Waals surface area contributed by atoms with E-state index in [9.17, 15) is 0 Å². The average Bonchev–Trinajstić information content (AvgIpc) is 2.35. The summed E-state index contributed by atoms with van der Waals surface area (Å²) in [7, 11) is 0. The summed E-state index contributed by atoms with van der Waals surface area (Å²) in [6.07, 6.45) is 5.21. The highest BCUT2D eigenvalue weighted by Crippen LogP contribution is 2.39. The molecule has 1 nitrogen and oxygen atoms in total. The van der Waals surface area contributed by atoms with E-state index in [-0.39, 0.29) is 0 Å². The van der Waals surface area contributed by atoms with Crippen molar-refractivity contribution < 1.29 is 4.74 Å². The molecule has 17 heavy (non-hydrogen) atoms. The van der Waals surface area contributed by atoms with Gasteiger partial charge >= 0.3 is 0 Å². The molecular weight excluding hydrogens is 208 g/mol. The molecule has 1 aromatic carbocycles. The molecule has 90 valence electrons. The van der Waals surface area contributed by atoms with Crippen molar-refractivity contribution in [2.24, 2.45) is 5.92 Å². The van der Waals surface area contributed by atoms with E-state index in [1.165, 1.54) is 24.8 Å². The molecular formula is C16H20O. The van der Waals surface area contributed by atoms with Crippen molar-refractivity contribution in [3.05, 3.63) is 41.0 Å². The SMILES string of the molecule is CC(C)C1=C2Cc3ccccc3OC2CCC1. The molecule has 1 aliphatic heterocycles. The fourth-order valence-electron chi connectivity index (χ4n) is 3.16. The summed E-state index contributed by atoms with van der Waals surface area (Å²) in [6, 6.07) is 8.49. The lowest BCUT2D eigenvalue weighted by Gasteiger charge is -2.35. The highest BCUT2D eigenvalue weighted by atomic mass is 16.5. The standard InChI is InChI=1S/C16H20O/c1-11(2)13-7-5-9-16-14(13)10-12-6-3-4-8-15(12)17-16/h3-4,6,8,11,16H,5,7,9-10H2,1-2H3. The second-order valence-corrected chi connectivity index (χ2v) is 5.49. The molecule has 0 N–H and O–H groups in total. The zero-order valence-electron chi connectivity index (χ0n) is 10.7. The van der Waals surface area contributed by atoms with Gasteiger partial charge in [0.2, 0.25) is 0 Å². The van der Waals surface area contributed by atoms with Crippen LogP contribution in [-0.4, -0.2) is 6.10 Å². The van der Waals surface area contributed by atoms with Gasteiger partial charge in [-0.05, 0) is 42.4 Å². The molecule has 2 aliphatic rings.